The van der Waals surface area contributed by atoms with Gasteiger partial charge in [-0.3, -0.25) is 0 Å². The van der Waals surface area contributed by atoms with Crippen molar-refractivity contribution < 1.29 is 8.78 Å². The first-order valence-electron chi connectivity index (χ1n) is 6.61. The van der Waals surface area contributed by atoms with Crippen LogP contribution in [0.15, 0.2) is 36.4 Å². The van der Waals surface area contributed by atoms with Crippen molar-refractivity contribution in [3.05, 3.63) is 58.6 Å². The Labute approximate surface area is 121 Å². The summed E-state index contributed by atoms with van der Waals surface area (Å²) in [6, 6.07) is 10.00. The maximum Gasteiger partial charge on any atom is 0.141 e. The molecule has 1 saturated carbocycles. The van der Waals surface area contributed by atoms with Crippen LogP contribution in [0.2, 0.25) is 5.02 Å². The third-order valence-corrected chi connectivity index (χ3v) is 3.75. The SMILES string of the molecule is Fc1ccc(-c2ccc(CNC3CC3)c(F)c2)cc1Cl. The van der Waals surface area contributed by atoms with Crippen LogP contribution in [0.3, 0.4) is 0 Å². The van der Waals surface area contributed by atoms with Crippen LogP contribution in [0.25, 0.3) is 11.1 Å². The van der Waals surface area contributed by atoms with Crippen LogP contribution >= 0.6 is 11.6 Å². The van der Waals surface area contributed by atoms with E-state index >= 15 is 0 Å². The van der Waals surface area contributed by atoms with Gasteiger partial charge in [0.05, 0.1) is 5.02 Å². The lowest BCUT2D eigenvalue weighted by atomic mass is 10.0. The first-order chi connectivity index (χ1) is 9.63. The summed E-state index contributed by atoms with van der Waals surface area (Å²) in [5, 5.41) is 3.32. The van der Waals surface area contributed by atoms with Crippen LogP contribution in [0.5, 0.6) is 0 Å². The van der Waals surface area contributed by atoms with E-state index < -0.39 is 5.82 Å². The summed E-state index contributed by atoms with van der Waals surface area (Å²) in [6.45, 7) is 0.543. The fraction of sp³-hybridized carbons (Fsp3) is 0.250. The molecule has 0 bridgehead atoms. The summed E-state index contributed by atoms with van der Waals surface area (Å²) in [6.07, 6.45) is 2.35. The van der Waals surface area contributed by atoms with Crippen LogP contribution in [0, 0.1) is 11.6 Å². The van der Waals surface area contributed by atoms with E-state index in [0.717, 1.165) is 0 Å². The molecule has 0 heterocycles. The molecule has 1 fully saturated rings. The Bertz CT molecular complexity index is 638. The molecule has 104 valence electrons. The van der Waals surface area contributed by atoms with Gasteiger partial charge in [0.2, 0.25) is 0 Å². The Morgan fingerprint density at radius 2 is 1.70 bits per heavy atom. The van der Waals surface area contributed by atoms with Crippen molar-refractivity contribution in [2.24, 2.45) is 0 Å². The molecule has 0 radical (unpaired) electrons. The number of rotatable bonds is 4. The first kappa shape index (κ1) is 13.5. The molecular formula is C16H14ClF2N. The number of benzene rings is 2. The minimum atomic E-state index is -0.471. The highest BCUT2D eigenvalue weighted by atomic mass is 35.5. The highest BCUT2D eigenvalue weighted by Crippen LogP contribution is 2.27. The maximum atomic E-state index is 14.0. The van der Waals surface area contributed by atoms with Gasteiger partial charge < -0.3 is 5.32 Å². The van der Waals surface area contributed by atoms with Crippen molar-refractivity contribution >= 4 is 11.6 Å². The van der Waals surface area contributed by atoms with Crippen molar-refractivity contribution in [2.75, 3.05) is 0 Å². The molecule has 2 aromatic carbocycles. The number of nitrogens with one attached hydrogen (secondary N) is 1. The summed E-state index contributed by atoms with van der Waals surface area (Å²) in [7, 11) is 0. The standard InChI is InChI=1S/C16H14ClF2N/c17-14-7-10(3-6-15(14)18)11-1-2-12(16(19)8-11)9-20-13-4-5-13/h1-3,6-8,13,20H,4-5,9H2. The van der Waals surface area contributed by atoms with Gasteiger partial charge in [-0.2, -0.15) is 0 Å². The zero-order valence-electron chi connectivity index (χ0n) is 10.8. The van der Waals surface area contributed by atoms with Crippen LogP contribution in [0.1, 0.15) is 18.4 Å². The van der Waals surface area contributed by atoms with Crippen LogP contribution < -0.4 is 5.32 Å². The Kier molecular flexibility index (Phi) is 3.72. The molecule has 3 rings (SSSR count). The molecule has 4 heteroatoms. The second kappa shape index (κ2) is 5.51. The summed E-state index contributed by atoms with van der Waals surface area (Å²) >= 11 is 5.75. The number of hydrogen-bond acceptors (Lipinski definition) is 1. The molecule has 0 atom stereocenters. The summed E-state index contributed by atoms with van der Waals surface area (Å²) < 4.78 is 27.2. The monoisotopic (exact) mass is 293 g/mol. The molecular weight excluding hydrogens is 280 g/mol. The van der Waals surface area contributed by atoms with Crippen LogP contribution in [0.4, 0.5) is 8.78 Å². The average molecular weight is 294 g/mol. The quantitative estimate of drug-likeness (QED) is 0.873. The van der Waals surface area contributed by atoms with Crippen LogP contribution in [-0.4, -0.2) is 6.04 Å². The second-order valence-electron chi connectivity index (χ2n) is 5.09. The molecule has 0 unspecified atom stereocenters. The van der Waals surface area contributed by atoms with E-state index in [4.69, 9.17) is 11.6 Å². The molecule has 0 aromatic heterocycles. The minimum Gasteiger partial charge on any atom is -0.310 e. The van der Waals surface area contributed by atoms with Gasteiger partial charge in [-0.1, -0.05) is 29.8 Å². The maximum absolute atomic E-state index is 14.0. The molecule has 0 spiro atoms. The fourth-order valence-corrected chi connectivity index (χ4v) is 2.27. The highest BCUT2D eigenvalue weighted by Gasteiger charge is 2.20. The molecule has 1 nitrogen and oxygen atoms in total. The summed E-state index contributed by atoms with van der Waals surface area (Å²) in [5.41, 5.74) is 2.05. The van der Waals surface area contributed by atoms with E-state index in [2.05, 4.69) is 5.32 Å². The normalized spacial score (nSPS) is 14.6. The average Bonchev–Trinajstić information content (AvgIpc) is 3.24. The molecule has 1 aliphatic rings. The Hall–Kier alpha value is -1.45. The lowest BCUT2D eigenvalue weighted by molar-refractivity contribution is 0.587. The van der Waals surface area contributed by atoms with Gasteiger partial charge in [-0.05, 0) is 42.2 Å². The smallest absolute Gasteiger partial charge is 0.141 e. The summed E-state index contributed by atoms with van der Waals surface area (Å²) in [4.78, 5) is 0. The van der Waals surface area contributed by atoms with Crippen molar-refractivity contribution in [1.29, 1.82) is 0 Å². The van der Waals surface area contributed by atoms with Gasteiger partial charge in [-0.15, -0.1) is 0 Å². The van der Waals surface area contributed by atoms with Gasteiger partial charge in [0.15, 0.2) is 0 Å². The zero-order chi connectivity index (χ0) is 14.1. The number of halogens is 3. The highest BCUT2D eigenvalue weighted by molar-refractivity contribution is 6.31. The fourth-order valence-electron chi connectivity index (χ4n) is 2.09. The largest absolute Gasteiger partial charge is 0.310 e. The lowest BCUT2D eigenvalue weighted by Gasteiger charge is -2.08. The van der Waals surface area contributed by atoms with E-state index in [-0.39, 0.29) is 10.8 Å². The predicted molar refractivity (Wildman–Crippen MR) is 76.7 cm³/mol. The van der Waals surface area contributed by atoms with Crippen LogP contribution in [-0.2, 0) is 6.54 Å². The molecule has 1 N–H and O–H groups in total. The number of hydrogen-bond donors (Lipinski definition) is 1. The van der Waals surface area contributed by atoms with Crippen molar-refractivity contribution in [2.45, 2.75) is 25.4 Å². The molecule has 2 aromatic rings. The molecule has 0 amide bonds. The van der Waals surface area contributed by atoms with Gasteiger partial charge >= 0.3 is 0 Å². The first-order valence-corrected chi connectivity index (χ1v) is 6.98. The predicted octanol–water partition coefficient (Wildman–Crippen LogP) is 4.54. The van der Waals surface area contributed by atoms with Gasteiger partial charge in [0.25, 0.3) is 0 Å². The van der Waals surface area contributed by atoms with Gasteiger partial charge in [-0.25, -0.2) is 8.78 Å². The van der Waals surface area contributed by atoms with E-state index in [1.807, 2.05) is 6.07 Å². The van der Waals surface area contributed by atoms with Crippen molar-refractivity contribution in [3.8, 4) is 11.1 Å². The van der Waals surface area contributed by atoms with Crippen molar-refractivity contribution in [1.82, 2.24) is 5.32 Å². The Morgan fingerprint density at radius 1 is 1.00 bits per heavy atom. The summed E-state index contributed by atoms with van der Waals surface area (Å²) in [5.74, 6) is -0.725. The molecule has 1 aliphatic carbocycles. The Morgan fingerprint density at radius 3 is 2.35 bits per heavy atom. The Balaban J connectivity index is 1.82. The van der Waals surface area contributed by atoms with E-state index in [1.54, 1.807) is 12.1 Å². The molecule has 20 heavy (non-hydrogen) atoms. The topological polar surface area (TPSA) is 12.0 Å². The van der Waals surface area contributed by atoms with E-state index in [0.29, 0.717) is 29.3 Å². The zero-order valence-corrected chi connectivity index (χ0v) is 11.6. The van der Waals surface area contributed by atoms with Gasteiger partial charge in [0.1, 0.15) is 11.6 Å². The second-order valence-corrected chi connectivity index (χ2v) is 5.50. The van der Waals surface area contributed by atoms with E-state index in [9.17, 15) is 8.78 Å². The minimum absolute atomic E-state index is 0.0439. The third kappa shape index (κ3) is 3.00. The molecule has 0 saturated heterocycles. The van der Waals surface area contributed by atoms with E-state index in [1.165, 1.54) is 31.0 Å². The molecule has 0 aliphatic heterocycles. The van der Waals surface area contributed by atoms with Gasteiger partial charge in [0, 0.05) is 18.2 Å². The third-order valence-electron chi connectivity index (χ3n) is 3.46. The van der Waals surface area contributed by atoms with Crippen molar-refractivity contribution in [3.63, 3.8) is 0 Å². The lowest BCUT2D eigenvalue weighted by Crippen LogP contribution is -2.16.